The molecule has 0 spiro atoms. The van der Waals surface area contributed by atoms with Gasteiger partial charge in [-0.15, -0.1) is 12.4 Å². The van der Waals surface area contributed by atoms with Crippen LogP contribution in [0, 0.1) is 5.92 Å². The molecule has 1 amide bonds. The van der Waals surface area contributed by atoms with E-state index >= 15 is 0 Å². The Morgan fingerprint density at radius 2 is 2.00 bits per heavy atom. The van der Waals surface area contributed by atoms with E-state index in [1.165, 1.54) is 32.1 Å². The van der Waals surface area contributed by atoms with E-state index in [-0.39, 0.29) is 18.3 Å². The van der Waals surface area contributed by atoms with Gasteiger partial charge in [0.25, 0.3) is 0 Å². The molecule has 0 saturated heterocycles. The summed E-state index contributed by atoms with van der Waals surface area (Å²) in [6.07, 6.45) is 7.46. The molecule has 2 N–H and O–H groups in total. The molecule has 1 aliphatic carbocycles. The molecule has 1 atom stereocenters. The first-order valence-electron chi connectivity index (χ1n) is 7.22. The first-order chi connectivity index (χ1) is 8.69. The predicted octanol–water partition coefficient (Wildman–Crippen LogP) is 2.20. The maximum Gasteiger partial charge on any atom is 0.241 e. The van der Waals surface area contributed by atoms with E-state index < -0.39 is 6.04 Å². The lowest BCUT2D eigenvalue weighted by molar-refractivity contribution is -0.134. The zero-order chi connectivity index (χ0) is 13.4. The number of nitrogens with zero attached hydrogens (tertiary/aromatic N) is 1. The lowest BCUT2D eigenvalue weighted by Gasteiger charge is -2.31. The van der Waals surface area contributed by atoms with Gasteiger partial charge in [0.1, 0.15) is 6.04 Å². The molecule has 0 heterocycles. The van der Waals surface area contributed by atoms with Crippen molar-refractivity contribution in [2.24, 2.45) is 11.7 Å². The van der Waals surface area contributed by atoms with Crippen LogP contribution in [-0.2, 0) is 9.53 Å². The van der Waals surface area contributed by atoms with Gasteiger partial charge in [-0.2, -0.15) is 0 Å². The number of hydrogen-bond donors (Lipinski definition) is 1. The highest BCUT2D eigenvalue weighted by Crippen LogP contribution is 2.24. The molecule has 0 aromatic carbocycles. The van der Waals surface area contributed by atoms with Crippen LogP contribution in [0.1, 0.15) is 45.4 Å². The van der Waals surface area contributed by atoms with E-state index in [1.807, 2.05) is 4.90 Å². The molecular formula is C14H29ClN2O2. The summed E-state index contributed by atoms with van der Waals surface area (Å²) in [5.74, 6) is 0.716. The van der Waals surface area contributed by atoms with Crippen molar-refractivity contribution in [3.05, 3.63) is 0 Å². The molecule has 0 radical (unpaired) electrons. The minimum absolute atomic E-state index is 0. The first kappa shape index (κ1) is 18.7. The number of hydrogen-bond acceptors (Lipinski definition) is 3. The normalized spacial score (nSPS) is 17.6. The van der Waals surface area contributed by atoms with Gasteiger partial charge < -0.3 is 15.4 Å². The number of carbonyl (C=O) groups excluding carboxylic acids is 1. The lowest BCUT2D eigenvalue weighted by atomic mass is 9.89. The predicted molar refractivity (Wildman–Crippen MR) is 80.5 cm³/mol. The molecule has 0 bridgehead atoms. The van der Waals surface area contributed by atoms with E-state index in [1.54, 1.807) is 7.11 Å². The van der Waals surface area contributed by atoms with Crippen LogP contribution in [0.5, 0.6) is 0 Å². The highest BCUT2D eigenvalue weighted by atomic mass is 35.5. The maximum absolute atomic E-state index is 12.2. The van der Waals surface area contributed by atoms with Gasteiger partial charge in [-0.3, -0.25) is 4.79 Å². The molecule has 1 unspecified atom stereocenters. The van der Waals surface area contributed by atoms with Crippen LogP contribution in [0.2, 0.25) is 0 Å². The highest BCUT2D eigenvalue weighted by Gasteiger charge is 2.24. The first-order valence-corrected chi connectivity index (χ1v) is 7.22. The summed E-state index contributed by atoms with van der Waals surface area (Å²) >= 11 is 0. The third kappa shape index (κ3) is 6.59. The van der Waals surface area contributed by atoms with Crippen molar-refractivity contribution in [1.82, 2.24) is 4.90 Å². The average Bonchev–Trinajstić information content (AvgIpc) is 2.39. The number of methoxy groups -OCH3 is 1. The molecule has 4 nitrogen and oxygen atoms in total. The van der Waals surface area contributed by atoms with Gasteiger partial charge in [0, 0.05) is 20.2 Å². The highest BCUT2D eigenvalue weighted by molar-refractivity contribution is 5.85. The van der Waals surface area contributed by atoms with E-state index in [9.17, 15) is 4.79 Å². The fourth-order valence-corrected chi connectivity index (χ4v) is 2.73. The van der Waals surface area contributed by atoms with Crippen LogP contribution >= 0.6 is 12.4 Å². The van der Waals surface area contributed by atoms with Crippen LogP contribution in [0.15, 0.2) is 0 Å². The van der Waals surface area contributed by atoms with Gasteiger partial charge >= 0.3 is 0 Å². The number of nitrogens with two attached hydrogens (primary N) is 1. The second-order valence-corrected chi connectivity index (χ2v) is 5.35. The third-order valence-corrected chi connectivity index (χ3v) is 3.67. The zero-order valence-electron chi connectivity index (χ0n) is 12.3. The summed E-state index contributed by atoms with van der Waals surface area (Å²) in [4.78, 5) is 14.2. The molecule has 1 rings (SSSR count). The molecular weight excluding hydrogens is 264 g/mol. The van der Waals surface area contributed by atoms with E-state index in [0.29, 0.717) is 12.5 Å². The van der Waals surface area contributed by atoms with Gasteiger partial charge in [-0.25, -0.2) is 0 Å². The van der Waals surface area contributed by atoms with Crippen LogP contribution in [0.3, 0.4) is 0 Å². The van der Waals surface area contributed by atoms with E-state index in [0.717, 1.165) is 19.5 Å². The van der Waals surface area contributed by atoms with Gasteiger partial charge in [0.15, 0.2) is 0 Å². The standard InChI is InChI=1S/C14H28N2O2.ClH/c1-3-9-16(14(17)13(15)11-18-2)10-12-7-5-4-6-8-12;/h12-13H,3-11,15H2,1-2H3;1H. The Morgan fingerprint density at radius 3 is 2.53 bits per heavy atom. The van der Waals surface area contributed by atoms with Gasteiger partial charge in [-0.1, -0.05) is 26.2 Å². The summed E-state index contributed by atoms with van der Waals surface area (Å²) in [5.41, 5.74) is 5.85. The monoisotopic (exact) mass is 292 g/mol. The summed E-state index contributed by atoms with van der Waals surface area (Å²) in [6.45, 7) is 4.10. The van der Waals surface area contributed by atoms with Crippen molar-refractivity contribution < 1.29 is 9.53 Å². The topological polar surface area (TPSA) is 55.6 Å². The molecule has 0 aromatic heterocycles. The van der Waals surface area contributed by atoms with Crippen LogP contribution in [0.25, 0.3) is 0 Å². The minimum Gasteiger partial charge on any atom is -0.383 e. The Morgan fingerprint density at radius 1 is 1.37 bits per heavy atom. The Hall–Kier alpha value is -0.320. The Balaban J connectivity index is 0.00000324. The molecule has 19 heavy (non-hydrogen) atoms. The molecule has 1 fully saturated rings. The largest absolute Gasteiger partial charge is 0.383 e. The molecule has 114 valence electrons. The van der Waals surface area contributed by atoms with Crippen molar-refractivity contribution >= 4 is 18.3 Å². The van der Waals surface area contributed by atoms with Crippen molar-refractivity contribution in [3.8, 4) is 0 Å². The Labute approximate surface area is 123 Å². The van der Waals surface area contributed by atoms with E-state index in [2.05, 4.69) is 6.92 Å². The van der Waals surface area contributed by atoms with Gasteiger partial charge in [0.2, 0.25) is 5.91 Å². The number of ether oxygens (including phenoxy) is 1. The second-order valence-electron chi connectivity index (χ2n) is 5.35. The summed E-state index contributed by atoms with van der Waals surface area (Å²) in [7, 11) is 1.58. The quantitative estimate of drug-likeness (QED) is 0.783. The van der Waals surface area contributed by atoms with Gasteiger partial charge in [0.05, 0.1) is 6.61 Å². The van der Waals surface area contributed by atoms with Crippen molar-refractivity contribution in [1.29, 1.82) is 0 Å². The number of rotatable bonds is 7. The fourth-order valence-electron chi connectivity index (χ4n) is 2.73. The SMILES string of the molecule is CCCN(CC1CCCCC1)C(=O)C(N)COC.Cl. The van der Waals surface area contributed by atoms with Gasteiger partial charge in [-0.05, 0) is 25.2 Å². The Kier molecular flexibility index (Phi) is 10.3. The Bertz CT molecular complexity index is 246. The molecule has 1 saturated carbocycles. The molecule has 1 aliphatic rings. The summed E-state index contributed by atoms with van der Waals surface area (Å²) < 4.78 is 4.97. The smallest absolute Gasteiger partial charge is 0.241 e. The molecule has 0 aliphatic heterocycles. The second kappa shape index (κ2) is 10.5. The maximum atomic E-state index is 12.2. The van der Waals surface area contributed by atoms with Crippen molar-refractivity contribution in [3.63, 3.8) is 0 Å². The van der Waals surface area contributed by atoms with Crippen molar-refractivity contribution in [2.45, 2.75) is 51.5 Å². The molecule has 5 heteroatoms. The van der Waals surface area contributed by atoms with Crippen LogP contribution in [0.4, 0.5) is 0 Å². The number of halogens is 1. The zero-order valence-corrected chi connectivity index (χ0v) is 13.1. The summed E-state index contributed by atoms with van der Waals surface area (Å²) in [5, 5.41) is 0. The number of carbonyl (C=O) groups is 1. The van der Waals surface area contributed by atoms with E-state index in [4.69, 9.17) is 10.5 Å². The molecule has 0 aromatic rings. The fraction of sp³-hybridized carbons (Fsp3) is 0.929. The van der Waals surface area contributed by atoms with Crippen molar-refractivity contribution in [2.75, 3.05) is 26.8 Å². The number of amides is 1. The minimum atomic E-state index is -0.509. The van der Waals surface area contributed by atoms with Crippen LogP contribution in [-0.4, -0.2) is 43.7 Å². The average molecular weight is 293 g/mol. The van der Waals surface area contributed by atoms with Crippen LogP contribution < -0.4 is 5.73 Å². The summed E-state index contributed by atoms with van der Waals surface area (Å²) in [6, 6.07) is -0.509. The third-order valence-electron chi connectivity index (χ3n) is 3.67. The lowest BCUT2D eigenvalue weighted by Crippen LogP contribution is -2.48.